The van der Waals surface area contributed by atoms with Gasteiger partial charge in [0.2, 0.25) is 0 Å². The summed E-state index contributed by atoms with van der Waals surface area (Å²) in [4.78, 5) is 2.43. The molecule has 11 heteroatoms. The van der Waals surface area contributed by atoms with Crippen LogP contribution in [0.25, 0.3) is 0 Å². The van der Waals surface area contributed by atoms with E-state index in [0.717, 1.165) is 6.92 Å². The average Bonchev–Trinajstić information content (AvgIpc) is 2.33. The third kappa shape index (κ3) is 5.76. The maximum atomic E-state index is 13.6. The SMILES string of the molecule is CCC(=Nc1cc(S(=O)CC(F)(F)F)c(Cl)cc1F)C(F)(F)F. The van der Waals surface area contributed by atoms with E-state index in [0.29, 0.717) is 12.1 Å². The number of alkyl halides is 6. The van der Waals surface area contributed by atoms with Crippen molar-refractivity contribution in [1.29, 1.82) is 0 Å². The molecule has 1 aromatic carbocycles. The molecule has 0 saturated carbocycles. The highest BCUT2D eigenvalue weighted by molar-refractivity contribution is 7.85. The lowest BCUT2D eigenvalue weighted by atomic mass is 10.2. The van der Waals surface area contributed by atoms with Gasteiger partial charge in [-0.2, -0.15) is 26.3 Å². The van der Waals surface area contributed by atoms with Crippen molar-refractivity contribution in [3.8, 4) is 0 Å². The molecule has 0 amide bonds. The number of hydrogen-bond acceptors (Lipinski definition) is 2. The van der Waals surface area contributed by atoms with Gasteiger partial charge < -0.3 is 0 Å². The van der Waals surface area contributed by atoms with Crippen LogP contribution in [0.3, 0.4) is 0 Å². The minimum atomic E-state index is -4.83. The number of halogens is 8. The molecule has 0 spiro atoms. The molecule has 0 aliphatic heterocycles. The van der Waals surface area contributed by atoms with E-state index < -0.39 is 62.5 Å². The molecule has 0 heterocycles. The lowest BCUT2D eigenvalue weighted by Crippen LogP contribution is -2.21. The van der Waals surface area contributed by atoms with Crippen molar-refractivity contribution in [3.05, 3.63) is 23.0 Å². The number of nitrogens with zero attached hydrogens (tertiary/aromatic N) is 1. The van der Waals surface area contributed by atoms with Crippen molar-refractivity contribution in [3.63, 3.8) is 0 Å². The van der Waals surface area contributed by atoms with Crippen LogP contribution >= 0.6 is 11.6 Å². The van der Waals surface area contributed by atoms with E-state index in [4.69, 9.17) is 11.6 Å². The van der Waals surface area contributed by atoms with Crippen LogP contribution in [-0.4, -0.2) is 28.0 Å². The van der Waals surface area contributed by atoms with Gasteiger partial charge in [-0.1, -0.05) is 18.5 Å². The molecule has 0 N–H and O–H groups in total. The van der Waals surface area contributed by atoms with Crippen molar-refractivity contribution in [2.45, 2.75) is 30.6 Å². The monoisotopic (exact) mass is 383 g/mol. The van der Waals surface area contributed by atoms with Crippen molar-refractivity contribution in [1.82, 2.24) is 0 Å². The van der Waals surface area contributed by atoms with Crippen molar-refractivity contribution >= 4 is 33.8 Å². The zero-order valence-corrected chi connectivity index (χ0v) is 12.9. The Kier molecular flexibility index (Phi) is 6.19. The first kappa shape index (κ1) is 19.9. The Morgan fingerprint density at radius 1 is 1.22 bits per heavy atom. The highest BCUT2D eigenvalue weighted by Gasteiger charge is 2.35. The predicted molar refractivity (Wildman–Crippen MR) is 72.2 cm³/mol. The van der Waals surface area contributed by atoms with Gasteiger partial charge in [-0.3, -0.25) is 4.21 Å². The van der Waals surface area contributed by atoms with Gasteiger partial charge in [0, 0.05) is 0 Å². The second-order valence-electron chi connectivity index (χ2n) is 4.25. The largest absolute Gasteiger partial charge is 0.429 e. The minimum Gasteiger partial charge on any atom is -0.254 e. The molecule has 1 unspecified atom stereocenters. The quantitative estimate of drug-likeness (QED) is 0.519. The molecule has 0 fully saturated rings. The van der Waals surface area contributed by atoms with Crippen LogP contribution in [-0.2, 0) is 10.8 Å². The number of aliphatic imine (C=N–C) groups is 1. The van der Waals surface area contributed by atoms with Gasteiger partial charge in [0.05, 0.1) is 20.7 Å². The summed E-state index contributed by atoms with van der Waals surface area (Å²) < 4.78 is 99.8. The normalized spacial score (nSPS) is 14.9. The number of hydrogen-bond donors (Lipinski definition) is 0. The fraction of sp³-hybridized carbons (Fsp3) is 0.417. The van der Waals surface area contributed by atoms with Crippen LogP contribution < -0.4 is 0 Å². The fourth-order valence-corrected chi connectivity index (χ4v) is 2.87. The summed E-state index contributed by atoms with van der Waals surface area (Å²) in [6.07, 6.45) is -10.2. The molecule has 0 aliphatic rings. The second kappa shape index (κ2) is 7.16. The Morgan fingerprint density at radius 2 is 1.78 bits per heavy atom. The standard InChI is InChI=1S/C12H9ClF7NOS/c1-2-10(12(18,19)20)21-8-4-9(6(13)3-7(8)14)23(22)5-11(15,16)17/h3-4H,2,5H2,1H3. The highest BCUT2D eigenvalue weighted by atomic mass is 35.5. The zero-order valence-electron chi connectivity index (χ0n) is 11.4. The van der Waals surface area contributed by atoms with Crippen LogP contribution in [0.5, 0.6) is 0 Å². The second-order valence-corrected chi connectivity index (χ2v) is 6.08. The predicted octanol–water partition coefficient (Wildman–Crippen LogP) is 5.19. The molecule has 1 rings (SSSR count). The molecule has 2 nitrogen and oxygen atoms in total. The molecule has 1 aromatic rings. The van der Waals surface area contributed by atoms with Crippen LogP contribution in [0.1, 0.15) is 13.3 Å². The molecule has 23 heavy (non-hydrogen) atoms. The molecule has 0 saturated heterocycles. The average molecular weight is 384 g/mol. The Hall–Kier alpha value is -1.16. The third-order valence-corrected chi connectivity index (χ3v) is 4.30. The van der Waals surface area contributed by atoms with E-state index in [2.05, 4.69) is 4.99 Å². The van der Waals surface area contributed by atoms with E-state index in [-0.39, 0.29) is 0 Å². The van der Waals surface area contributed by atoms with Crippen LogP contribution in [0, 0.1) is 5.82 Å². The summed E-state index contributed by atoms with van der Waals surface area (Å²) in [6.45, 7) is 1.13. The lowest BCUT2D eigenvalue weighted by molar-refractivity contribution is -0.105. The topological polar surface area (TPSA) is 29.4 Å². The van der Waals surface area contributed by atoms with E-state index in [9.17, 15) is 34.9 Å². The van der Waals surface area contributed by atoms with Gasteiger partial charge in [0.25, 0.3) is 0 Å². The Bertz CT molecular complexity index is 640. The first-order valence-electron chi connectivity index (χ1n) is 5.94. The fourth-order valence-electron chi connectivity index (χ4n) is 1.49. The lowest BCUT2D eigenvalue weighted by Gasteiger charge is -2.11. The first-order chi connectivity index (χ1) is 10.3. The molecule has 0 radical (unpaired) electrons. The summed E-state index contributed by atoms with van der Waals surface area (Å²) >= 11 is 5.51. The van der Waals surface area contributed by atoms with Crippen molar-refractivity contribution in [2.24, 2.45) is 4.99 Å². The number of benzene rings is 1. The molecule has 0 aliphatic carbocycles. The van der Waals surface area contributed by atoms with Crippen molar-refractivity contribution in [2.75, 3.05) is 5.75 Å². The van der Waals surface area contributed by atoms with E-state index in [1.807, 2.05) is 0 Å². The van der Waals surface area contributed by atoms with Crippen LogP contribution in [0.2, 0.25) is 5.02 Å². The zero-order chi connectivity index (χ0) is 18.0. The molecular weight excluding hydrogens is 375 g/mol. The van der Waals surface area contributed by atoms with Crippen LogP contribution in [0.15, 0.2) is 22.0 Å². The summed E-state index contributed by atoms with van der Waals surface area (Å²) in [5, 5.41) is -0.589. The Morgan fingerprint density at radius 3 is 2.22 bits per heavy atom. The molecule has 0 bridgehead atoms. The smallest absolute Gasteiger partial charge is 0.254 e. The van der Waals surface area contributed by atoms with Crippen molar-refractivity contribution < 1.29 is 34.9 Å². The van der Waals surface area contributed by atoms with Gasteiger partial charge in [-0.25, -0.2) is 9.38 Å². The summed E-state index contributed by atoms with van der Waals surface area (Å²) in [5.74, 6) is -3.03. The Labute approximate surface area is 133 Å². The highest BCUT2D eigenvalue weighted by Crippen LogP contribution is 2.32. The minimum absolute atomic E-state index is 0.480. The maximum Gasteiger partial charge on any atom is 0.429 e. The number of rotatable bonds is 4. The molecule has 130 valence electrons. The van der Waals surface area contributed by atoms with Gasteiger partial charge in [-0.15, -0.1) is 0 Å². The van der Waals surface area contributed by atoms with E-state index >= 15 is 0 Å². The summed E-state index contributed by atoms with van der Waals surface area (Å²) in [6, 6.07) is 1.01. The van der Waals surface area contributed by atoms with E-state index in [1.54, 1.807) is 0 Å². The molecule has 1 atom stereocenters. The maximum absolute atomic E-state index is 13.6. The van der Waals surface area contributed by atoms with Gasteiger partial charge >= 0.3 is 12.4 Å². The van der Waals surface area contributed by atoms with E-state index in [1.165, 1.54) is 0 Å². The van der Waals surface area contributed by atoms with Gasteiger partial charge in [0.1, 0.15) is 23.0 Å². The van der Waals surface area contributed by atoms with Crippen LogP contribution in [0.4, 0.5) is 36.4 Å². The summed E-state index contributed by atoms with van der Waals surface area (Å²) in [5.41, 5.74) is -2.21. The summed E-state index contributed by atoms with van der Waals surface area (Å²) in [7, 11) is -2.70. The first-order valence-corrected chi connectivity index (χ1v) is 7.63. The third-order valence-electron chi connectivity index (χ3n) is 2.46. The molecular formula is C12H9ClF7NOS. The molecule has 0 aromatic heterocycles. The van der Waals surface area contributed by atoms with Gasteiger partial charge in [-0.05, 0) is 18.6 Å². The Balaban J connectivity index is 3.34. The van der Waals surface area contributed by atoms with Gasteiger partial charge in [0.15, 0.2) is 0 Å².